The first-order chi connectivity index (χ1) is 26.8. The molecule has 0 amide bonds. The van der Waals surface area contributed by atoms with Crippen LogP contribution >= 0.6 is 45.3 Å². The summed E-state index contributed by atoms with van der Waals surface area (Å²) in [6.07, 6.45) is 0. The van der Waals surface area contributed by atoms with Gasteiger partial charge in [-0.2, -0.15) is 0 Å². The van der Waals surface area contributed by atoms with E-state index in [9.17, 15) is 0 Å². The van der Waals surface area contributed by atoms with Crippen molar-refractivity contribution in [2.45, 2.75) is 0 Å². The number of fused-ring (bicyclic) bond motifs is 24. The largest absolute Gasteiger partial charge is 0.305 e. The molecule has 0 spiro atoms. The molecule has 248 valence electrons. The van der Waals surface area contributed by atoms with Gasteiger partial charge in [0.1, 0.15) is 0 Å². The molecule has 15 aromatic rings. The summed E-state index contributed by atoms with van der Waals surface area (Å²) >= 11 is 7.80. The summed E-state index contributed by atoms with van der Waals surface area (Å²) in [7, 11) is 0. The zero-order chi connectivity index (χ0) is 34.6. The van der Waals surface area contributed by atoms with Crippen molar-refractivity contribution in [1.29, 1.82) is 0 Å². The molecule has 0 aliphatic heterocycles. The van der Waals surface area contributed by atoms with E-state index in [1.165, 1.54) is 135 Å². The van der Waals surface area contributed by atoms with Gasteiger partial charge in [0.05, 0.1) is 33.1 Å². The van der Waals surface area contributed by atoms with Gasteiger partial charge in [0, 0.05) is 102 Å². The Bertz CT molecular complexity index is 3920. The fourth-order valence-electron chi connectivity index (χ4n) is 10.1. The first kappa shape index (κ1) is 27.8. The molecule has 7 aromatic heterocycles. The second-order valence-corrected chi connectivity index (χ2v) is 18.9. The Balaban J connectivity index is 1.33. The first-order valence-corrected chi connectivity index (χ1v) is 21.5. The van der Waals surface area contributed by atoms with E-state index in [2.05, 4.69) is 142 Å². The first-order valence-electron chi connectivity index (χ1n) is 18.3. The highest BCUT2D eigenvalue weighted by Gasteiger charge is 2.28. The predicted molar refractivity (Wildman–Crippen MR) is 241 cm³/mol. The van der Waals surface area contributed by atoms with Gasteiger partial charge in [-0.25, -0.2) is 0 Å². The fraction of sp³-hybridized carbons (Fsp3) is 0. The molecule has 8 aromatic carbocycles. The molecular weight excluding hydrogens is 733 g/mol. The highest BCUT2D eigenvalue weighted by Crippen LogP contribution is 2.54. The number of hydrogen-bond acceptors (Lipinski definition) is 4. The van der Waals surface area contributed by atoms with Crippen LogP contribution in [0.2, 0.25) is 0 Å². The lowest BCUT2D eigenvalue weighted by atomic mass is 10.0. The molecule has 0 fully saturated rings. The van der Waals surface area contributed by atoms with Gasteiger partial charge in [-0.05, 0) is 48.5 Å². The highest BCUT2D eigenvalue weighted by molar-refractivity contribution is 7.29. The van der Waals surface area contributed by atoms with Gasteiger partial charge < -0.3 is 8.80 Å². The minimum absolute atomic E-state index is 1.28. The van der Waals surface area contributed by atoms with E-state index in [-0.39, 0.29) is 0 Å². The summed E-state index contributed by atoms with van der Waals surface area (Å²) in [6, 6.07) is 50.6. The highest BCUT2D eigenvalue weighted by atomic mass is 32.1. The van der Waals surface area contributed by atoms with Crippen LogP contribution in [0.25, 0.3) is 135 Å². The monoisotopic (exact) mass is 754 g/mol. The molecular formula is C48H22N2S4. The van der Waals surface area contributed by atoms with Gasteiger partial charge in [-0.3, -0.25) is 0 Å². The smallest absolute Gasteiger partial charge is 0.0798 e. The average molecular weight is 755 g/mol. The summed E-state index contributed by atoms with van der Waals surface area (Å²) in [5, 5.41) is 16.3. The molecule has 0 radical (unpaired) electrons. The van der Waals surface area contributed by atoms with E-state index < -0.39 is 0 Å². The summed E-state index contributed by atoms with van der Waals surface area (Å²) in [6.45, 7) is 0. The second kappa shape index (κ2) is 9.30. The SMILES string of the molecule is c1ccc2c(c1)sc1c2ccc2c1c1c3sc4ccccc4c3cc3c1n2c1cc2c4ccccc4sc2c2c4c5sc6ccccc6c5ccc4n3c21. The van der Waals surface area contributed by atoms with E-state index in [1.54, 1.807) is 0 Å². The normalized spacial score (nSPS) is 13.2. The van der Waals surface area contributed by atoms with Crippen molar-refractivity contribution in [1.82, 2.24) is 8.80 Å². The molecule has 0 bridgehead atoms. The van der Waals surface area contributed by atoms with E-state index in [1.807, 2.05) is 45.3 Å². The zero-order valence-corrected chi connectivity index (χ0v) is 31.5. The van der Waals surface area contributed by atoms with Crippen LogP contribution < -0.4 is 0 Å². The molecule has 0 unspecified atom stereocenters. The van der Waals surface area contributed by atoms with Crippen molar-refractivity contribution in [2.24, 2.45) is 0 Å². The van der Waals surface area contributed by atoms with Gasteiger partial charge >= 0.3 is 0 Å². The third kappa shape index (κ3) is 3.05. The van der Waals surface area contributed by atoms with Gasteiger partial charge in [0.25, 0.3) is 0 Å². The summed E-state index contributed by atoms with van der Waals surface area (Å²) in [4.78, 5) is 0. The van der Waals surface area contributed by atoms with E-state index >= 15 is 0 Å². The van der Waals surface area contributed by atoms with Crippen LogP contribution in [0.3, 0.4) is 0 Å². The number of benzene rings is 8. The number of nitrogens with zero attached hydrogens (tertiary/aromatic N) is 2. The Hall–Kier alpha value is -5.76. The van der Waals surface area contributed by atoms with E-state index in [0.717, 1.165) is 0 Å². The minimum atomic E-state index is 1.28. The maximum Gasteiger partial charge on any atom is 0.0798 e. The van der Waals surface area contributed by atoms with Crippen LogP contribution in [-0.4, -0.2) is 8.80 Å². The second-order valence-electron chi connectivity index (χ2n) is 14.7. The van der Waals surface area contributed by atoms with Gasteiger partial charge in [0.15, 0.2) is 0 Å². The van der Waals surface area contributed by atoms with Crippen LogP contribution in [-0.2, 0) is 0 Å². The molecule has 0 N–H and O–H groups in total. The summed E-state index contributed by atoms with van der Waals surface area (Å²) < 4.78 is 16.2. The molecule has 0 saturated heterocycles. The molecule has 0 aliphatic rings. The molecule has 6 heteroatoms. The standard InChI is InChI=1S/C48H22N2S4/c1-5-13-35-23(9-1)27-17-19-31-39(45(27)51-35)41-43-33(21-29-25-11-3-7-15-37(25)53-47(29)41)50-32-20-18-28-24-10-2-6-14-36(24)52-46(28)40(32)42-44(50)34(49(31)43)22-30-26-12-4-8-16-38(26)54-48(30)42/h1-22H. The molecule has 0 atom stereocenters. The number of aromatic nitrogens is 2. The lowest BCUT2D eigenvalue weighted by molar-refractivity contribution is 1.26. The Kier molecular flexibility index (Phi) is 4.78. The van der Waals surface area contributed by atoms with Gasteiger partial charge in [-0.15, -0.1) is 45.3 Å². The molecule has 2 nitrogen and oxygen atoms in total. The van der Waals surface area contributed by atoms with Crippen molar-refractivity contribution in [2.75, 3.05) is 0 Å². The molecule has 7 heterocycles. The zero-order valence-electron chi connectivity index (χ0n) is 28.2. The number of hydrogen-bond donors (Lipinski definition) is 0. The van der Waals surface area contributed by atoms with Crippen LogP contribution in [0.4, 0.5) is 0 Å². The van der Waals surface area contributed by atoms with Crippen molar-refractivity contribution in [3.05, 3.63) is 133 Å². The lowest BCUT2D eigenvalue weighted by Crippen LogP contribution is -1.97. The van der Waals surface area contributed by atoms with Gasteiger partial charge in [-0.1, -0.05) is 84.9 Å². The van der Waals surface area contributed by atoms with Crippen molar-refractivity contribution >= 4 is 181 Å². The lowest BCUT2D eigenvalue weighted by Gasteiger charge is -2.12. The molecule has 0 aliphatic carbocycles. The van der Waals surface area contributed by atoms with Crippen molar-refractivity contribution < 1.29 is 0 Å². The van der Waals surface area contributed by atoms with Crippen LogP contribution in [0.15, 0.2) is 133 Å². The topological polar surface area (TPSA) is 8.82 Å². The summed E-state index contributed by atoms with van der Waals surface area (Å²) in [5.41, 5.74) is 7.77. The Morgan fingerprint density at radius 1 is 0.278 bits per heavy atom. The number of rotatable bonds is 0. The maximum absolute atomic E-state index is 2.66. The molecule has 54 heavy (non-hydrogen) atoms. The Morgan fingerprint density at radius 2 is 0.611 bits per heavy atom. The van der Waals surface area contributed by atoms with Crippen LogP contribution in [0.5, 0.6) is 0 Å². The Morgan fingerprint density at radius 3 is 1.00 bits per heavy atom. The van der Waals surface area contributed by atoms with Crippen LogP contribution in [0.1, 0.15) is 0 Å². The quantitative estimate of drug-likeness (QED) is 0.136. The third-order valence-corrected chi connectivity index (χ3v) is 17.0. The predicted octanol–water partition coefficient (Wildman–Crippen LogP) is 15.7. The molecule has 0 saturated carbocycles. The molecule has 15 rings (SSSR count). The third-order valence-electron chi connectivity index (χ3n) is 12.2. The maximum atomic E-state index is 2.66. The Labute approximate surface area is 320 Å². The van der Waals surface area contributed by atoms with Crippen LogP contribution in [0, 0.1) is 0 Å². The van der Waals surface area contributed by atoms with Crippen molar-refractivity contribution in [3.8, 4) is 0 Å². The minimum Gasteiger partial charge on any atom is -0.305 e. The van der Waals surface area contributed by atoms with E-state index in [0.29, 0.717) is 0 Å². The van der Waals surface area contributed by atoms with Gasteiger partial charge in [0.2, 0.25) is 0 Å². The average Bonchev–Trinajstić information content (AvgIpc) is 4.05. The fourth-order valence-corrected chi connectivity index (χ4v) is 15.1. The number of thiophene rings is 4. The summed E-state index contributed by atoms with van der Waals surface area (Å²) in [5.74, 6) is 0. The van der Waals surface area contributed by atoms with Crippen molar-refractivity contribution in [3.63, 3.8) is 0 Å². The van der Waals surface area contributed by atoms with E-state index in [4.69, 9.17) is 0 Å².